The van der Waals surface area contributed by atoms with E-state index in [1.807, 2.05) is 0 Å². The molecule has 8 rings (SSSR count). The molecule has 0 bridgehead atoms. The van der Waals surface area contributed by atoms with E-state index < -0.39 is 0 Å². The van der Waals surface area contributed by atoms with Gasteiger partial charge in [0.2, 0.25) is 0 Å². The molecule has 2 aliphatic rings. The Morgan fingerprint density at radius 3 is 1.33 bits per heavy atom. The van der Waals surface area contributed by atoms with E-state index in [4.69, 9.17) is 0 Å². The van der Waals surface area contributed by atoms with Crippen molar-refractivity contribution in [3.8, 4) is 0 Å². The smallest absolute Gasteiger partial charge is 0.516 e. The monoisotopic (exact) mass is 767 g/mol. The molecule has 4 nitrogen and oxygen atoms in total. The number of anilines is 4. The minimum Gasteiger partial charge on any atom is -0.516 e. The Morgan fingerprint density at radius 2 is 0.889 bits per heavy atom. The molecule has 0 amide bonds. The van der Waals surface area contributed by atoms with Crippen molar-refractivity contribution in [2.45, 2.75) is 39.8 Å². The fourth-order valence-electron chi connectivity index (χ4n) is 6.16. The van der Waals surface area contributed by atoms with E-state index in [2.05, 4.69) is 169 Å². The van der Waals surface area contributed by atoms with Crippen LogP contribution in [0.4, 0.5) is 22.7 Å². The summed E-state index contributed by atoms with van der Waals surface area (Å²) in [4.78, 5) is 4.55. The molecule has 0 radical (unpaired) electrons. The van der Waals surface area contributed by atoms with Crippen LogP contribution in [-0.2, 0) is 47.0 Å². The van der Waals surface area contributed by atoms with Crippen LogP contribution in [-0.4, -0.2) is 0 Å². The maximum atomic E-state index is 3.67. The van der Waals surface area contributed by atoms with Crippen LogP contribution in [0, 0.1) is 25.5 Å². The molecule has 6 aromatic rings. The largest absolute Gasteiger partial charge is 4.00 e. The molecule has 0 spiro atoms. The van der Waals surface area contributed by atoms with Gasteiger partial charge in [-0.15, -0.1) is 11.1 Å². The van der Waals surface area contributed by atoms with Gasteiger partial charge < -0.3 is 20.4 Å². The third-order valence-electron chi connectivity index (χ3n) is 8.41. The summed E-state index contributed by atoms with van der Waals surface area (Å²) >= 11 is 0. The maximum Gasteiger partial charge on any atom is 4.00 e. The minimum absolute atomic E-state index is 0. The summed E-state index contributed by atoms with van der Waals surface area (Å²) in [6, 6.07) is 45.6. The van der Waals surface area contributed by atoms with Crippen LogP contribution >= 0.6 is 0 Å². The van der Waals surface area contributed by atoms with Crippen LogP contribution in [0.15, 0.2) is 109 Å². The number of hydrogen-bond donors (Lipinski definition) is 2. The van der Waals surface area contributed by atoms with Crippen LogP contribution in [0.3, 0.4) is 0 Å². The van der Waals surface area contributed by atoms with Crippen molar-refractivity contribution < 1.29 is 21.1 Å². The van der Waals surface area contributed by atoms with Gasteiger partial charge in [-0.25, -0.2) is 0 Å². The molecule has 2 aliphatic heterocycles. The predicted octanol–water partition coefficient (Wildman–Crippen LogP) is 9.51. The first-order chi connectivity index (χ1) is 21.7. The maximum absolute atomic E-state index is 3.67. The zero-order valence-corrected chi connectivity index (χ0v) is 27.9. The fraction of sp³-hybridized carbons (Fsp3) is 0.150. The fourth-order valence-corrected chi connectivity index (χ4v) is 6.16. The van der Waals surface area contributed by atoms with Gasteiger partial charge in [0.25, 0.3) is 0 Å². The Balaban J connectivity index is 0.000000280. The summed E-state index contributed by atoms with van der Waals surface area (Å²) in [5, 5.41) is 12.0. The van der Waals surface area contributed by atoms with E-state index in [-0.39, 0.29) is 21.1 Å². The van der Waals surface area contributed by atoms with Gasteiger partial charge in [-0.05, 0) is 48.1 Å². The molecule has 0 saturated carbocycles. The number of rotatable bonds is 6. The molecule has 0 saturated heterocycles. The molecular weight excluding hydrogens is 732 g/mol. The van der Waals surface area contributed by atoms with Crippen molar-refractivity contribution in [3.63, 3.8) is 0 Å². The molecule has 226 valence electrons. The first kappa shape index (κ1) is 30.7. The van der Waals surface area contributed by atoms with Gasteiger partial charge in [0.15, 0.2) is 0 Å². The Kier molecular flexibility index (Phi) is 9.42. The third kappa shape index (κ3) is 6.44. The second kappa shape index (κ2) is 13.8. The van der Waals surface area contributed by atoms with Crippen molar-refractivity contribution in [3.05, 3.63) is 157 Å². The number of benzene rings is 6. The zero-order valence-electron chi connectivity index (χ0n) is 25.6. The van der Waals surface area contributed by atoms with Crippen molar-refractivity contribution in [2.24, 2.45) is 0 Å². The van der Waals surface area contributed by atoms with E-state index >= 15 is 0 Å². The summed E-state index contributed by atoms with van der Waals surface area (Å²) in [7, 11) is 0. The van der Waals surface area contributed by atoms with Gasteiger partial charge in [0.1, 0.15) is 0 Å². The molecule has 5 heteroatoms. The third-order valence-corrected chi connectivity index (χ3v) is 8.41. The molecule has 2 heterocycles. The van der Waals surface area contributed by atoms with Gasteiger partial charge in [-0.3, -0.25) is 0 Å². The van der Waals surface area contributed by atoms with Crippen molar-refractivity contribution in [2.75, 3.05) is 20.4 Å². The molecule has 0 unspecified atom stereocenters. The molecule has 0 fully saturated rings. The predicted molar refractivity (Wildman–Crippen MR) is 185 cm³/mol. The van der Waals surface area contributed by atoms with E-state index in [9.17, 15) is 0 Å². The molecule has 6 aromatic carbocycles. The van der Waals surface area contributed by atoms with Gasteiger partial charge in [0.05, 0.1) is 0 Å². The Labute approximate surface area is 281 Å². The molecule has 45 heavy (non-hydrogen) atoms. The number of nitrogens with one attached hydrogen (secondary N) is 2. The van der Waals surface area contributed by atoms with Crippen molar-refractivity contribution in [1.29, 1.82) is 0 Å². The molecule has 0 aromatic heterocycles. The second-order valence-electron chi connectivity index (χ2n) is 11.3. The summed E-state index contributed by atoms with van der Waals surface area (Å²) in [5.41, 5.74) is 9.73. The van der Waals surface area contributed by atoms with Crippen molar-refractivity contribution in [1.82, 2.24) is 0 Å². The molecule has 2 N–H and O–H groups in total. The average molecular weight is 768 g/mol. The quantitative estimate of drug-likeness (QED) is 0.166. The van der Waals surface area contributed by atoms with Crippen LogP contribution in [0.5, 0.6) is 0 Å². The van der Waals surface area contributed by atoms with Crippen LogP contribution in [0.25, 0.3) is 21.5 Å². The first-order valence-electron chi connectivity index (χ1n) is 15.5. The standard InChI is InChI=1S/C30H23N4.C10H13.Pt/c1-6-21(17-33-19-31-25-12-2-8-23-10-4-14-27(33)29(23)25)16-22(7-1)18-34-20-32-26-13-3-9-24-11-5-15-28(34)30(24)26;1-3-9-6-5-7-10(4-2)8-9;/h1-15,19-20,31-32H,17-18H2;5-7H,3-4H2,1-2H3;/q-3;-1;+4. The van der Waals surface area contributed by atoms with Gasteiger partial charge in [-0.1, -0.05) is 75.2 Å². The Morgan fingerprint density at radius 1 is 0.511 bits per heavy atom. The van der Waals surface area contributed by atoms with E-state index in [1.165, 1.54) is 44.0 Å². The molecule has 0 atom stereocenters. The van der Waals surface area contributed by atoms with Gasteiger partial charge in [0, 0.05) is 33.5 Å². The number of hydrogen-bond acceptors (Lipinski definition) is 4. The molecule has 0 aliphatic carbocycles. The average Bonchev–Trinajstić information content (AvgIpc) is 3.08. The Hall–Kier alpha value is -4.27. The number of nitrogens with zero attached hydrogens (tertiary/aromatic N) is 2. The minimum atomic E-state index is 0. The van der Waals surface area contributed by atoms with E-state index in [0.717, 1.165) is 48.4 Å². The first-order valence-corrected chi connectivity index (χ1v) is 15.5. The summed E-state index contributed by atoms with van der Waals surface area (Å²) in [6.45, 7) is 9.97. The normalized spacial score (nSPS) is 12.9. The van der Waals surface area contributed by atoms with Gasteiger partial charge in [-0.2, -0.15) is 73.0 Å². The van der Waals surface area contributed by atoms with E-state index in [0.29, 0.717) is 0 Å². The van der Waals surface area contributed by atoms with Gasteiger partial charge >= 0.3 is 21.1 Å². The Bertz CT molecular complexity index is 1790. The molecular formula is C40H36N4Pt. The summed E-state index contributed by atoms with van der Waals surface area (Å²) in [5.74, 6) is 0. The zero-order chi connectivity index (χ0) is 29.9. The second-order valence-corrected chi connectivity index (χ2v) is 11.3. The topological polar surface area (TPSA) is 30.5 Å². The van der Waals surface area contributed by atoms with Crippen LogP contribution in [0.2, 0.25) is 0 Å². The number of aryl methyl sites for hydroxylation is 2. The van der Waals surface area contributed by atoms with Crippen LogP contribution < -0.4 is 20.4 Å². The van der Waals surface area contributed by atoms with Crippen LogP contribution in [0.1, 0.15) is 36.1 Å². The van der Waals surface area contributed by atoms with Crippen molar-refractivity contribution >= 4 is 44.3 Å². The summed E-state index contributed by atoms with van der Waals surface area (Å²) < 4.78 is 0. The van der Waals surface area contributed by atoms with E-state index in [1.54, 1.807) is 0 Å². The SMILES string of the molecule is CCc1[c-]c(CC)ccc1.[Pt+4].[c-]1c(CN2[CH-]Nc3cccc4cccc2c34)cccc1CN1[CH-]Nc2cccc3cccc1c23. The summed E-state index contributed by atoms with van der Waals surface area (Å²) in [6.07, 6.45) is 2.18.